The van der Waals surface area contributed by atoms with E-state index in [1.807, 2.05) is 18.2 Å². The van der Waals surface area contributed by atoms with Gasteiger partial charge in [-0.05, 0) is 17.9 Å². The highest BCUT2D eigenvalue weighted by Crippen LogP contribution is 2.30. The minimum Gasteiger partial charge on any atom is -0.480 e. The molecule has 1 aliphatic rings. The predicted octanol–water partition coefficient (Wildman–Crippen LogP) is 2.59. The van der Waals surface area contributed by atoms with E-state index in [2.05, 4.69) is 30.9 Å². The standard InChI is InChI=1S/C15H21NO2/c1-11(2)8-14(15(17)18)16-9-13(10-16)12-6-4-3-5-7-12/h3-7,11,13-14H,8-10H2,1-2H3,(H,17,18). The molecular formula is C15H21NO2. The third-order valence-corrected chi connectivity index (χ3v) is 3.60. The molecule has 2 rings (SSSR count). The maximum absolute atomic E-state index is 11.3. The van der Waals surface area contributed by atoms with Crippen LogP contribution in [0.3, 0.4) is 0 Å². The SMILES string of the molecule is CC(C)CC(C(=O)O)N1CC(c2ccccc2)C1. The third-order valence-electron chi connectivity index (χ3n) is 3.60. The van der Waals surface area contributed by atoms with E-state index in [0.29, 0.717) is 11.8 Å². The maximum Gasteiger partial charge on any atom is 0.320 e. The molecule has 3 nitrogen and oxygen atoms in total. The number of carboxylic acids is 1. The second-order valence-electron chi connectivity index (χ2n) is 5.55. The van der Waals surface area contributed by atoms with Crippen molar-refractivity contribution in [2.75, 3.05) is 13.1 Å². The second-order valence-corrected chi connectivity index (χ2v) is 5.55. The average Bonchev–Trinajstić information content (AvgIpc) is 2.26. The molecule has 3 heteroatoms. The van der Waals surface area contributed by atoms with Gasteiger partial charge in [-0.15, -0.1) is 0 Å². The first kappa shape index (κ1) is 13.1. The number of rotatable bonds is 5. The summed E-state index contributed by atoms with van der Waals surface area (Å²) in [5.41, 5.74) is 1.32. The van der Waals surface area contributed by atoms with Gasteiger partial charge in [-0.2, -0.15) is 0 Å². The normalized spacial score (nSPS) is 18.6. The topological polar surface area (TPSA) is 40.5 Å². The smallest absolute Gasteiger partial charge is 0.320 e. The van der Waals surface area contributed by atoms with Crippen LogP contribution in [0.1, 0.15) is 31.7 Å². The van der Waals surface area contributed by atoms with Crippen molar-refractivity contribution in [1.82, 2.24) is 4.90 Å². The Morgan fingerprint density at radius 2 is 1.94 bits per heavy atom. The Bertz CT molecular complexity index is 396. The zero-order chi connectivity index (χ0) is 13.1. The number of nitrogens with zero attached hydrogens (tertiary/aromatic N) is 1. The van der Waals surface area contributed by atoms with Crippen molar-refractivity contribution in [2.45, 2.75) is 32.2 Å². The summed E-state index contributed by atoms with van der Waals surface area (Å²) in [5, 5.41) is 9.27. The molecule has 1 saturated heterocycles. The second kappa shape index (κ2) is 5.53. The molecule has 1 atom stereocenters. The van der Waals surface area contributed by atoms with Crippen molar-refractivity contribution in [3.63, 3.8) is 0 Å². The summed E-state index contributed by atoms with van der Waals surface area (Å²) in [5.74, 6) is 0.234. The van der Waals surface area contributed by atoms with Crippen LogP contribution in [0.4, 0.5) is 0 Å². The molecule has 1 unspecified atom stereocenters. The number of hydrogen-bond acceptors (Lipinski definition) is 2. The Labute approximate surface area is 108 Å². The Balaban J connectivity index is 1.92. The molecule has 1 N–H and O–H groups in total. The van der Waals surface area contributed by atoms with Crippen LogP contribution in [-0.4, -0.2) is 35.1 Å². The van der Waals surface area contributed by atoms with Gasteiger partial charge in [-0.25, -0.2) is 0 Å². The Morgan fingerprint density at radius 1 is 1.33 bits per heavy atom. The highest BCUT2D eigenvalue weighted by atomic mass is 16.4. The predicted molar refractivity (Wildman–Crippen MR) is 71.6 cm³/mol. The lowest BCUT2D eigenvalue weighted by Crippen LogP contribution is -2.54. The molecular weight excluding hydrogens is 226 g/mol. The van der Waals surface area contributed by atoms with Crippen molar-refractivity contribution in [3.8, 4) is 0 Å². The highest BCUT2D eigenvalue weighted by Gasteiger charge is 2.36. The van der Waals surface area contributed by atoms with E-state index in [4.69, 9.17) is 0 Å². The molecule has 1 aliphatic heterocycles. The first-order valence-electron chi connectivity index (χ1n) is 6.59. The van der Waals surface area contributed by atoms with Crippen molar-refractivity contribution >= 4 is 5.97 Å². The van der Waals surface area contributed by atoms with Crippen molar-refractivity contribution in [2.24, 2.45) is 5.92 Å². The van der Waals surface area contributed by atoms with Gasteiger partial charge in [-0.3, -0.25) is 9.69 Å². The van der Waals surface area contributed by atoms with E-state index in [1.54, 1.807) is 0 Å². The number of aliphatic carboxylic acids is 1. The zero-order valence-corrected chi connectivity index (χ0v) is 11.0. The summed E-state index contributed by atoms with van der Waals surface area (Å²) in [6.45, 7) is 5.89. The van der Waals surface area contributed by atoms with Gasteiger partial charge in [0.2, 0.25) is 0 Å². The summed E-state index contributed by atoms with van der Waals surface area (Å²) in [6.07, 6.45) is 0.733. The van der Waals surface area contributed by atoms with Crippen molar-refractivity contribution in [1.29, 1.82) is 0 Å². The molecule has 18 heavy (non-hydrogen) atoms. The van der Waals surface area contributed by atoms with E-state index in [9.17, 15) is 9.90 Å². The highest BCUT2D eigenvalue weighted by molar-refractivity contribution is 5.73. The third kappa shape index (κ3) is 2.91. The number of carbonyl (C=O) groups is 1. The van der Waals surface area contributed by atoms with Gasteiger partial charge < -0.3 is 5.11 Å². The summed E-state index contributed by atoms with van der Waals surface area (Å²) in [4.78, 5) is 13.4. The van der Waals surface area contributed by atoms with E-state index >= 15 is 0 Å². The quantitative estimate of drug-likeness (QED) is 0.869. The molecule has 0 bridgehead atoms. The first-order chi connectivity index (χ1) is 8.58. The van der Waals surface area contributed by atoms with Gasteiger partial charge in [0.1, 0.15) is 6.04 Å². The van der Waals surface area contributed by atoms with Gasteiger partial charge in [-0.1, -0.05) is 44.2 Å². The lowest BCUT2D eigenvalue weighted by molar-refractivity contribution is -0.146. The fourth-order valence-corrected chi connectivity index (χ4v) is 2.56. The number of hydrogen-bond donors (Lipinski definition) is 1. The molecule has 1 aromatic rings. The lowest BCUT2D eigenvalue weighted by Gasteiger charge is -2.43. The fraction of sp³-hybridized carbons (Fsp3) is 0.533. The Morgan fingerprint density at radius 3 is 2.44 bits per heavy atom. The van der Waals surface area contributed by atoms with Crippen LogP contribution < -0.4 is 0 Å². The molecule has 0 saturated carbocycles. The van der Waals surface area contributed by atoms with Crippen LogP contribution in [0.5, 0.6) is 0 Å². The van der Waals surface area contributed by atoms with E-state index in [1.165, 1.54) is 5.56 Å². The summed E-state index contributed by atoms with van der Waals surface area (Å²) in [7, 11) is 0. The molecule has 0 aromatic heterocycles. The van der Waals surface area contributed by atoms with Gasteiger partial charge in [0, 0.05) is 19.0 Å². The molecule has 1 heterocycles. The van der Waals surface area contributed by atoms with E-state index in [-0.39, 0.29) is 6.04 Å². The average molecular weight is 247 g/mol. The van der Waals surface area contributed by atoms with Gasteiger partial charge in [0.05, 0.1) is 0 Å². The monoisotopic (exact) mass is 247 g/mol. The zero-order valence-electron chi connectivity index (χ0n) is 11.0. The number of benzene rings is 1. The minimum absolute atomic E-state index is 0.315. The van der Waals surface area contributed by atoms with Crippen molar-refractivity contribution in [3.05, 3.63) is 35.9 Å². The molecule has 0 amide bonds. The van der Waals surface area contributed by atoms with E-state index in [0.717, 1.165) is 19.5 Å². The van der Waals surface area contributed by atoms with Crippen LogP contribution in [0.25, 0.3) is 0 Å². The largest absolute Gasteiger partial charge is 0.480 e. The molecule has 0 spiro atoms. The van der Waals surface area contributed by atoms with Crippen LogP contribution in [0, 0.1) is 5.92 Å². The summed E-state index contributed by atoms with van der Waals surface area (Å²) < 4.78 is 0. The molecule has 1 aromatic carbocycles. The fourth-order valence-electron chi connectivity index (χ4n) is 2.56. The van der Waals surface area contributed by atoms with Gasteiger partial charge in [0.25, 0.3) is 0 Å². The lowest BCUT2D eigenvalue weighted by atomic mass is 9.88. The molecule has 1 fully saturated rings. The number of likely N-dealkylation sites (tertiary alicyclic amines) is 1. The Hall–Kier alpha value is -1.35. The number of carboxylic acid groups (broad SMARTS) is 1. The molecule has 98 valence electrons. The molecule has 0 radical (unpaired) electrons. The summed E-state index contributed by atoms with van der Waals surface area (Å²) in [6, 6.07) is 10.0. The van der Waals surface area contributed by atoms with Gasteiger partial charge >= 0.3 is 5.97 Å². The van der Waals surface area contributed by atoms with Crippen LogP contribution in [-0.2, 0) is 4.79 Å². The van der Waals surface area contributed by atoms with Crippen LogP contribution in [0.2, 0.25) is 0 Å². The first-order valence-corrected chi connectivity index (χ1v) is 6.59. The minimum atomic E-state index is -0.685. The Kier molecular flexibility index (Phi) is 4.02. The van der Waals surface area contributed by atoms with E-state index < -0.39 is 5.97 Å². The summed E-state index contributed by atoms with van der Waals surface area (Å²) >= 11 is 0. The maximum atomic E-state index is 11.3. The van der Waals surface area contributed by atoms with Crippen LogP contribution in [0.15, 0.2) is 30.3 Å². The van der Waals surface area contributed by atoms with Crippen molar-refractivity contribution < 1.29 is 9.90 Å². The molecule has 0 aliphatic carbocycles. The van der Waals surface area contributed by atoms with Gasteiger partial charge in [0.15, 0.2) is 0 Å². The van der Waals surface area contributed by atoms with Crippen LogP contribution >= 0.6 is 0 Å².